The average Bonchev–Trinajstić information content (AvgIpc) is 2.36. The molecular formula is C14H22OS3. The van der Waals surface area contributed by atoms with Gasteiger partial charge in [-0.15, -0.1) is 0 Å². The minimum Gasteiger partial charge on any atom is -0.293 e. The zero-order chi connectivity index (χ0) is 13.6. The van der Waals surface area contributed by atoms with Crippen molar-refractivity contribution in [3.63, 3.8) is 0 Å². The van der Waals surface area contributed by atoms with Crippen molar-refractivity contribution in [1.82, 2.24) is 0 Å². The maximum absolute atomic E-state index is 12.8. The van der Waals surface area contributed by atoms with Gasteiger partial charge in [0.1, 0.15) is 0 Å². The van der Waals surface area contributed by atoms with Gasteiger partial charge in [-0.2, -0.15) is 35.3 Å². The smallest absolute Gasteiger partial charge is 0.171 e. The Morgan fingerprint density at radius 1 is 1.06 bits per heavy atom. The van der Waals surface area contributed by atoms with Crippen LogP contribution in [-0.4, -0.2) is 41.8 Å². The highest BCUT2D eigenvalue weighted by Crippen LogP contribution is 2.41. The lowest BCUT2D eigenvalue weighted by molar-refractivity contribution is -0.121. The molecule has 1 rings (SSSR count). The van der Waals surface area contributed by atoms with Crippen LogP contribution in [0.1, 0.15) is 13.3 Å². The van der Waals surface area contributed by atoms with Crippen molar-refractivity contribution in [3.05, 3.63) is 23.3 Å². The van der Waals surface area contributed by atoms with Crippen molar-refractivity contribution in [2.75, 3.05) is 36.0 Å². The van der Waals surface area contributed by atoms with E-state index in [2.05, 4.69) is 31.8 Å². The Morgan fingerprint density at radius 2 is 1.67 bits per heavy atom. The van der Waals surface area contributed by atoms with E-state index in [0.29, 0.717) is 5.78 Å². The molecule has 0 atom stereocenters. The Morgan fingerprint density at radius 3 is 2.11 bits per heavy atom. The number of hydrogen-bond donors (Lipinski definition) is 0. The summed E-state index contributed by atoms with van der Waals surface area (Å²) in [4.78, 5) is 12.8. The molecular weight excluding hydrogens is 280 g/mol. The van der Waals surface area contributed by atoms with Crippen LogP contribution in [0.2, 0.25) is 0 Å². The van der Waals surface area contributed by atoms with Gasteiger partial charge in [-0.05, 0) is 25.2 Å². The summed E-state index contributed by atoms with van der Waals surface area (Å²) < 4.78 is 0. The lowest BCUT2D eigenvalue weighted by Gasteiger charge is -2.36. The Labute approximate surface area is 124 Å². The monoisotopic (exact) mass is 302 g/mol. The summed E-state index contributed by atoms with van der Waals surface area (Å²) in [6.07, 6.45) is 11.4. The molecule has 0 N–H and O–H groups in total. The second-order valence-electron chi connectivity index (χ2n) is 4.45. The molecule has 1 aliphatic rings. The number of allylic oxidation sites excluding steroid dienone is 3. The lowest BCUT2D eigenvalue weighted by Crippen LogP contribution is -2.41. The summed E-state index contributed by atoms with van der Waals surface area (Å²) in [7, 11) is 0. The summed E-state index contributed by atoms with van der Waals surface area (Å²) in [6, 6.07) is 0. The molecule has 0 aliphatic heterocycles. The van der Waals surface area contributed by atoms with E-state index < -0.39 is 0 Å². The van der Waals surface area contributed by atoms with Gasteiger partial charge in [0.15, 0.2) is 5.78 Å². The molecule has 0 bridgehead atoms. The Kier molecular flexibility index (Phi) is 6.96. The average molecular weight is 303 g/mol. The van der Waals surface area contributed by atoms with Crippen LogP contribution < -0.4 is 0 Å². The van der Waals surface area contributed by atoms with Gasteiger partial charge >= 0.3 is 0 Å². The fraction of sp³-hybridized carbons (Fsp3) is 0.643. The first-order valence-corrected chi connectivity index (χ1v) is 10.3. The van der Waals surface area contributed by atoms with Crippen molar-refractivity contribution in [1.29, 1.82) is 0 Å². The second-order valence-corrected chi connectivity index (χ2v) is 7.05. The number of carbonyl (C=O) groups excluding carboxylic acids is 1. The van der Waals surface area contributed by atoms with Crippen molar-refractivity contribution in [3.8, 4) is 0 Å². The number of rotatable bonds is 7. The van der Waals surface area contributed by atoms with Crippen LogP contribution in [0.4, 0.5) is 0 Å². The van der Waals surface area contributed by atoms with Crippen LogP contribution in [0.5, 0.6) is 0 Å². The normalized spacial score (nSPS) is 18.6. The van der Waals surface area contributed by atoms with E-state index >= 15 is 0 Å². The predicted molar refractivity (Wildman–Crippen MR) is 89.0 cm³/mol. The van der Waals surface area contributed by atoms with Gasteiger partial charge < -0.3 is 0 Å². The highest BCUT2D eigenvalue weighted by molar-refractivity contribution is 7.99. The van der Waals surface area contributed by atoms with E-state index in [0.717, 1.165) is 29.3 Å². The van der Waals surface area contributed by atoms with Crippen molar-refractivity contribution in [2.24, 2.45) is 5.41 Å². The highest BCUT2D eigenvalue weighted by atomic mass is 32.2. The first kappa shape index (κ1) is 16.3. The molecule has 0 radical (unpaired) electrons. The van der Waals surface area contributed by atoms with Crippen LogP contribution in [0, 0.1) is 5.41 Å². The zero-order valence-electron chi connectivity index (χ0n) is 11.6. The van der Waals surface area contributed by atoms with Gasteiger partial charge in [-0.3, -0.25) is 4.79 Å². The predicted octanol–water partition coefficient (Wildman–Crippen LogP) is 3.91. The molecule has 0 aromatic carbocycles. The van der Waals surface area contributed by atoms with Crippen molar-refractivity contribution >= 4 is 41.1 Å². The second kappa shape index (κ2) is 7.71. The number of carbonyl (C=O) groups is 1. The highest BCUT2D eigenvalue weighted by Gasteiger charge is 2.42. The molecule has 0 fully saturated rings. The number of hydrogen-bond acceptors (Lipinski definition) is 4. The topological polar surface area (TPSA) is 17.1 Å². The van der Waals surface area contributed by atoms with Crippen LogP contribution in [-0.2, 0) is 4.79 Å². The van der Waals surface area contributed by atoms with Crippen LogP contribution in [0.15, 0.2) is 23.3 Å². The van der Waals surface area contributed by atoms with Gasteiger partial charge in [0.2, 0.25) is 0 Å². The minimum absolute atomic E-state index is 0.257. The summed E-state index contributed by atoms with van der Waals surface area (Å²) in [5.41, 5.74) is 2.04. The third kappa shape index (κ3) is 3.20. The summed E-state index contributed by atoms with van der Waals surface area (Å²) >= 11 is 5.29. The van der Waals surface area contributed by atoms with E-state index in [1.807, 2.05) is 6.08 Å². The maximum atomic E-state index is 12.8. The molecule has 1 aliphatic carbocycles. The van der Waals surface area contributed by atoms with Crippen molar-refractivity contribution < 1.29 is 4.79 Å². The number of Topliss-reactive ketones (excluding diaryl/α,β-unsaturated/α-hetero) is 1. The minimum atomic E-state index is -0.257. The maximum Gasteiger partial charge on any atom is 0.171 e. The SMILES string of the molecule is CCC1=CC=C(CSC)C(=O)C1(CSC)CSC. The third-order valence-electron chi connectivity index (χ3n) is 3.29. The van der Waals surface area contributed by atoms with Crippen LogP contribution in [0.3, 0.4) is 0 Å². The molecule has 0 saturated carbocycles. The fourth-order valence-electron chi connectivity index (χ4n) is 2.47. The van der Waals surface area contributed by atoms with Crippen molar-refractivity contribution in [2.45, 2.75) is 13.3 Å². The largest absolute Gasteiger partial charge is 0.293 e. The Balaban J connectivity index is 3.16. The first-order valence-electron chi connectivity index (χ1n) is 6.08. The Hall–Kier alpha value is 0.200. The van der Waals surface area contributed by atoms with Gasteiger partial charge in [0, 0.05) is 22.8 Å². The van der Waals surface area contributed by atoms with Gasteiger partial charge in [0.05, 0.1) is 5.41 Å². The van der Waals surface area contributed by atoms with E-state index in [1.54, 1.807) is 35.3 Å². The quantitative estimate of drug-likeness (QED) is 0.709. The van der Waals surface area contributed by atoms with Gasteiger partial charge in [0.25, 0.3) is 0 Å². The van der Waals surface area contributed by atoms with Gasteiger partial charge in [-0.1, -0.05) is 24.6 Å². The van der Waals surface area contributed by atoms with Crippen LogP contribution in [0.25, 0.3) is 0 Å². The first-order chi connectivity index (χ1) is 8.66. The van der Waals surface area contributed by atoms with E-state index in [1.165, 1.54) is 5.57 Å². The molecule has 0 heterocycles. The third-order valence-corrected chi connectivity index (χ3v) is 5.45. The van der Waals surface area contributed by atoms with E-state index in [9.17, 15) is 4.79 Å². The zero-order valence-corrected chi connectivity index (χ0v) is 14.1. The number of thioether (sulfide) groups is 3. The molecule has 18 heavy (non-hydrogen) atoms. The van der Waals surface area contributed by atoms with Gasteiger partial charge in [-0.25, -0.2) is 0 Å². The molecule has 0 unspecified atom stereocenters. The molecule has 4 heteroatoms. The molecule has 1 nitrogen and oxygen atoms in total. The van der Waals surface area contributed by atoms with Crippen LogP contribution >= 0.6 is 35.3 Å². The molecule has 0 saturated heterocycles. The fourth-order valence-corrected chi connectivity index (χ4v) is 4.96. The van der Waals surface area contributed by atoms with E-state index in [-0.39, 0.29) is 5.41 Å². The Bertz CT molecular complexity index is 352. The molecule has 102 valence electrons. The molecule has 0 aromatic heterocycles. The molecule has 0 spiro atoms. The van der Waals surface area contributed by atoms with E-state index in [4.69, 9.17) is 0 Å². The molecule has 0 aromatic rings. The summed E-state index contributed by atoms with van der Waals surface area (Å²) in [6.45, 7) is 2.15. The number of ketones is 1. The standard InChI is InChI=1S/C14H22OS3/c1-5-12-7-6-11(8-16-2)13(15)14(12,9-17-3)10-18-4/h6-7H,5,8-10H2,1-4H3. The lowest BCUT2D eigenvalue weighted by atomic mass is 9.73. The summed E-state index contributed by atoms with van der Waals surface area (Å²) in [5.74, 6) is 2.99. The molecule has 0 amide bonds. The summed E-state index contributed by atoms with van der Waals surface area (Å²) in [5, 5.41) is 0.